The van der Waals surface area contributed by atoms with E-state index in [1.807, 2.05) is 42.3 Å². The molecule has 0 atom stereocenters. The Labute approximate surface area is 198 Å². The van der Waals surface area contributed by atoms with E-state index in [1.165, 1.54) is 0 Å². The summed E-state index contributed by atoms with van der Waals surface area (Å²) >= 11 is 1.56. The number of H-pyrrole nitrogens is 1. The minimum Gasteiger partial charge on any atom is -0.493 e. The number of nitrogens with one attached hydrogen (secondary N) is 1. The lowest BCUT2D eigenvalue weighted by Crippen LogP contribution is -1.97. The standard InChI is InChI=1S/C25H20N6O2S/c1-31-21-12-27-20-10-22(32-2)23(33-13-17-11-26-14-34-17)9-18(20)24(21)25(30-31)16-5-3-15(4-6-16)19-7-8-28-29-19/h3-12,14H,13H2,1-2H3,(H,28,29). The van der Waals surface area contributed by atoms with Crippen molar-refractivity contribution in [3.63, 3.8) is 0 Å². The molecule has 9 heteroatoms. The van der Waals surface area contributed by atoms with Gasteiger partial charge in [0.1, 0.15) is 12.3 Å². The quantitative estimate of drug-likeness (QED) is 0.360. The molecule has 0 amide bonds. The van der Waals surface area contributed by atoms with Crippen LogP contribution in [0.1, 0.15) is 4.88 Å². The molecule has 34 heavy (non-hydrogen) atoms. The Bertz CT molecular complexity index is 1590. The van der Waals surface area contributed by atoms with Crippen LogP contribution in [-0.4, -0.2) is 37.1 Å². The van der Waals surface area contributed by atoms with Crippen molar-refractivity contribution in [3.05, 3.63) is 71.4 Å². The van der Waals surface area contributed by atoms with Gasteiger partial charge in [-0.15, -0.1) is 11.3 Å². The number of rotatable bonds is 6. The maximum Gasteiger partial charge on any atom is 0.162 e. The van der Waals surface area contributed by atoms with E-state index in [4.69, 9.17) is 14.6 Å². The van der Waals surface area contributed by atoms with E-state index in [2.05, 4.69) is 44.4 Å². The van der Waals surface area contributed by atoms with Gasteiger partial charge in [0.05, 0.1) is 40.4 Å². The number of hydrogen-bond acceptors (Lipinski definition) is 7. The monoisotopic (exact) mass is 468 g/mol. The Kier molecular flexibility index (Phi) is 4.96. The fraction of sp³-hybridized carbons (Fsp3) is 0.120. The van der Waals surface area contributed by atoms with E-state index in [1.54, 1.807) is 30.2 Å². The van der Waals surface area contributed by atoms with Crippen molar-refractivity contribution in [1.29, 1.82) is 0 Å². The van der Waals surface area contributed by atoms with Crippen molar-refractivity contribution in [2.75, 3.05) is 7.11 Å². The van der Waals surface area contributed by atoms with Gasteiger partial charge in [0.15, 0.2) is 11.5 Å². The molecule has 8 nitrogen and oxygen atoms in total. The minimum absolute atomic E-state index is 0.422. The Morgan fingerprint density at radius 3 is 2.62 bits per heavy atom. The lowest BCUT2D eigenvalue weighted by Gasteiger charge is -2.12. The van der Waals surface area contributed by atoms with Crippen LogP contribution in [0, 0.1) is 0 Å². The number of ether oxygens (including phenoxy) is 2. The third-order valence-electron chi connectivity index (χ3n) is 5.79. The molecule has 4 heterocycles. The van der Waals surface area contributed by atoms with E-state index in [-0.39, 0.29) is 0 Å². The van der Waals surface area contributed by atoms with Gasteiger partial charge < -0.3 is 9.47 Å². The van der Waals surface area contributed by atoms with Crippen molar-refractivity contribution in [3.8, 4) is 34.0 Å². The van der Waals surface area contributed by atoms with Crippen LogP contribution in [0.2, 0.25) is 0 Å². The minimum atomic E-state index is 0.422. The Hall–Kier alpha value is -4.24. The molecule has 0 aliphatic heterocycles. The van der Waals surface area contributed by atoms with E-state index in [0.717, 1.165) is 49.2 Å². The normalized spacial score (nSPS) is 11.4. The van der Waals surface area contributed by atoms with Crippen LogP contribution in [0.4, 0.5) is 0 Å². The average molecular weight is 469 g/mol. The van der Waals surface area contributed by atoms with E-state index in [0.29, 0.717) is 18.1 Å². The predicted molar refractivity (Wildman–Crippen MR) is 132 cm³/mol. The summed E-state index contributed by atoms with van der Waals surface area (Å²) < 4.78 is 13.6. The molecule has 0 saturated heterocycles. The number of methoxy groups -OCH3 is 1. The number of aromatic amines is 1. The van der Waals surface area contributed by atoms with Gasteiger partial charge in [-0.3, -0.25) is 19.7 Å². The van der Waals surface area contributed by atoms with Crippen molar-refractivity contribution in [1.82, 2.24) is 29.9 Å². The molecule has 4 aromatic heterocycles. The summed E-state index contributed by atoms with van der Waals surface area (Å²) in [5, 5.41) is 13.9. The van der Waals surface area contributed by atoms with Gasteiger partial charge in [-0.05, 0) is 17.7 Å². The highest BCUT2D eigenvalue weighted by Gasteiger charge is 2.18. The summed E-state index contributed by atoms with van der Waals surface area (Å²) in [5.41, 5.74) is 7.50. The van der Waals surface area contributed by atoms with Gasteiger partial charge >= 0.3 is 0 Å². The summed E-state index contributed by atoms with van der Waals surface area (Å²) in [4.78, 5) is 9.83. The van der Waals surface area contributed by atoms with Gasteiger partial charge in [-0.2, -0.15) is 10.2 Å². The number of thiazole rings is 1. The van der Waals surface area contributed by atoms with Crippen molar-refractivity contribution >= 4 is 33.1 Å². The molecule has 0 aliphatic carbocycles. The molecular weight excluding hydrogens is 448 g/mol. The maximum absolute atomic E-state index is 6.12. The van der Waals surface area contributed by atoms with Gasteiger partial charge in [-0.25, -0.2) is 0 Å². The molecule has 0 spiro atoms. The van der Waals surface area contributed by atoms with Crippen LogP contribution in [0.15, 0.2) is 66.6 Å². The first-order valence-corrected chi connectivity index (χ1v) is 11.5. The van der Waals surface area contributed by atoms with Crippen LogP contribution in [-0.2, 0) is 13.7 Å². The largest absolute Gasteiger partial charge is 0.493 e. The topological polar surface area (TPSA) is 90.7 Å². The smallest absolute Gasteiger partial charge is 0.162 e. The number of pyridine rings is 1. The van der Waals surface area contributed by atoms with Crippen LogP contribution >= 0.6 is 11.3 Å². The number of aryl methyl sites for hydroxylation is 1. The van der Waals surface area contributed by atoms with Crippen molar-refractivity contribution in [2.24, 2.45) is 7.05 Å². The molecule has 6 aromatic rings. The van der Waals surface area contributed by atoms with Crippen LogP contribution in [0.5, 0.6) is 11.5 Å². The summed E-state index contributed by atoms with van der Waals surface area (Å²) in [5.74, 6) is 1.29. The lowest BCUT2D eigenvalue weighted by atomic mass is 10.0. The number of benzene rings is 2. The first-order valence-electron chi connectivity index (χ1n) is 10.6. The van der Waals surface area contributed by atoms with Crippen molar-refractivity contribution in [2.45, 2.75) is 6.61 Å². The number of hydrogen-bond donors (Lipinski definition) is 1. The number of fused-ring (bicyclic) bond motifs is 3. The van der Waals surface area contributed by atoms with E-state index in [9.17, 15) is 0 Å². The Balaban J connectivity index is 1.49. The molecule has 0 saturated carbocycles. The summed E-state index contributed by atoms with van der Waals surface area (Å²) in [6.07, 6.45) is 5.41. The third kappa shape index (κ3) is 3.46. The number of aromatic nitrogens is 6. The highest BCUT2D eigenvalue weighted by atomic mass is 32.1. The van der Waals surface area contributed by atoms with Gasteiger partial charge in [0.2, 0.25) is 0 Å². The van der Waals surface area contributed by atoms with Gasteiger partial charge in [-0.1, -0.05) is 24.3 Å². The molecule has 0 bridgehead atoms. The number of nitrogens with zero attached hydrogens (tertiary/aromatic N) is 5. The molecule has 2 aromatic carbocycles. The summed E-state index contributed by atoms with van der Waals surface area (Å²) in [7, 11) is 3.57. The molecule has 168 valence electrons. The Morgan fingerprint density at radius 1 is 1.03 bits per heavy atom. The molecule has 6 rings (SSSR count). The second kappa shape index (κ2) is 8.27. The van der Waals surface area contributed by atoms with Gasteiger partial charge in [0, 0.05) is 41.8 Å². The first kappa shape index (κ1) is 20.4. The lowest BCUT2D eigenvalue weighted by molar-refractivity contribution is 0.288. The summed E-state index contributed by atoms with van der Waals surface area (Å²) in [6, 6.07) is 14.2. The van der Waals surface area contributed by atoms with Crippen molar-refractivity contribution < 1.29 is 9.47 Å². The SMILES string of the molecule is COc1cc2ncc3c(c(-c4ccc(-c5ccn[nH]5)cc4)nn3C)c2cc1OCc1cncs1. The predicted octanol–water partition coefficient (Wildman–Crippen LogP) is 5.22. The van der Waals surface area contributed by atoms with E-state index < -0.39 is 0 Å². The molecule has 0 unspecified atom stereocenters. The van der Waals surface area contributed by atoms with Crippen LogP contribution in [0.3, 0.4) is 0 Å². The Morgan fingerprint density at radius 2 is 1.88 bits per heavy atom. The second-order valence-corrected chi connectivity index (χ2v) is 8.79. The molecule has 0 radical (unpaired) electrons. The van der Waals surface area contributed by atoms with Crippen LogP contribution in [0.25, 0.3) is 44.3 Å². The fourth-order valence-electron chi connectivity index (χ4n) is 4.10. The molecule has 0 aliphatic rings. The molecular formula is C25H20N6O2S. The highest BCUT2D eigenvalue weighted by molar-refractivity contribution is 7.09. The van der Waals surface area contributed by atoms with E-state index >= 15 is 0 Å². The zero-order valence-corrected chi connectivity index (χ0v) is 19.3. The zero-order chi connectivity index (χ0) is 23.1. The highest BCUT2D eigenvalue weighted by Crippen LogP contribution is 2.39. The third-order valence-corrected chi connectivity index (χ3v) is 6.55. The molecule has 1 N–H and O–H groups in total. The maximum atomic E-state index is 6.12. The first-order chi connectivity index (χ1) is 16.7. The average Bonchev–Trinajstić information content (AvgIpc) is 3.64. The van der Waals surface area contributed by atoms with Crippen LogP contribution < -0.4 is 9.47 Å². The second-order valence-electron chi connectivity index (χ2n) is 7.81. The summed E-state index contributed by atoms with van der Waals surface area (Å²) in [6.45, 7) is 0.422. The van der Waals surface area contributed by atoms with Gasteiger partial charge in [0.25, 0.3) is 0 Å². The fourth-order valence-corrected chi connectivity index (χ4v) is 4.60. The molecule has 0 fully saturated rings. The zero-order valence-electron chi connectivity index (χ0n) is 18.5.